The standard InChI is InChI=1S/C18H22F4O2/c1-2-11-3-5-12(6-4-11)13-7-9-14(10-8-13)15-17(19,20)18(21,22)16(23)24-15/h7-12,15-16,23H,2-6H2,1H3. The maximum absolute atomic E-state index is 13.8. The van der Waals surface area contributed by atoms with Gasteiger partial charge in [0.25, 0.3) is 0 Å². The zero-order chi connectivity index (χ0) is 17.5. The van der Waals surface area contributed by atoms with Crippen molar-refractivity contribution in [2.45, 2.75) is 69.2 Å². The van der Waals surface area contributed by atoms with Crippen LogP contribution in [0.15, 0.2) is 24.3 Å². The van der Waals surface area contributed by atoms with Crippen LogP contribution in [0.4, 0.5) is 17.6 Å². The maximum Gasteiger partial charge on any atom is 0.362 e. The Kier molecular flexibility index (Phi) is 4.64. The van der Waals surface area contributed by atoms with E-state index in [2.05, 4.69) is 11.7 Å². The quantitative estimate of drug-likeness (QED) is 0.778. The fourth-order valence-corrected chi connectivity index (χ4v) is 3.77. The van der Waals surface area contributed by atoms with Crippen LogP contribution in [0.5, 0.6) is 0 Å². The molecule has 1 N–H and O–H groups in total. The summed E-state index contributed by atoms with van der Waals surface area (Å²) in [5, 5.41) is 9.08. The summed E-state index contributed by atoms with van der Waals surface area (Å²) in [7, 11) is 0. The number of aliphatic hydroxyl groups is 1. The Morgan fingerprint density at radius 2 is 1.50 bits per heavy atom. The fourth-order valence-electron chi connectivity index (χ4n) is 3.77. The van der Waals surface area contributed by atoms with Crippen LogP contribution in [0.2, 0.25) is 0 Å². The van der Waals surface area contributed by atoms with Crippen LogP contribution in [0, 0.1) is 5.92 Å². The molecule has 0 radical (unpaired) electrons. The molecule has 2 fully saturated rings. The molecule has 134 valence electrons. The Hall–Kier alpha value is -1.14. The van der Waals surface area contributed by atoms with Gasteiger partial charge < -0.3 is 9.84 Å². The second-order valence-electron chi connectivity index (χ2n) is 6.91. The molecule has 0 bridgehead atoms. The minimum absolute atomic E-state index is 0.0396. The van der Waals surface area contributed by atoms with Crippen LogP contribution in [0.3, 0.4) is 0 Å². The summed E-state index contributed by atoms with van der Waals surface area (Å²) < 4.78 is 58.8. The van der Waals surface area contributed by atoms with Crippen LogP contribution in [0.1, 0.15) is 62.2 Å². The highest BCUT2D eigenvalue weighted by Crippen LogP contribution is 2.54. The van der Waals surface area contributed by atoms with E-state index < -0.39 is 24.2 Å². The van der Waals surface area contributed by atoms with E-state index in [1.54, 1.807) is 12.1 Å². The zero-order valence-electron chi connectivity index (χ0n) is 13.5. The second-order valence-corrected chi connectivity index (χ2v) is 6.91. The lowest BCUT2D eigenvalue weighted by molar-refractivity contribution is -0.234. The predicted octanol–water partition coefficient (Wildman–Crippen LogP) is 5.03. The normalized spacial score (nSPS) is 35.1. The third kappa shape index (κ3) is 2.84. The first-order chi connectivity index (χ1) is 11.3. The summed E-state index contributed by atoms with van der Waals surface area (Å²) in [6, 6.07) is 6.25. The third-order valence-electron chi connectivity index (χ3n) is 5.48. The van der Waals surface area contributed by atoms with Gasteiger partial charge in [0.05, 0.1) is 0 Å². The van der Waals surface area contributed by atoms with Gasteiger partial charge in [0.15, 0.2) is 6.10 Å². The summed E-state index contributed by atoms with van der Waals surface area (Å²) in [5.74, 6) is -7.88. The highest BCUT2D eigenvalue weighted by molar-refractivity contribution is 5.29. The first kappa shape index (κ1) is 17.7. The van der Waals surface area contributed by atoms with E-state index in [0.29, 0.717) is 5.92 Å². The van der Waals surface area contributed by atoms with E-state index in [9.17, 15) is 17.6 Å². The van der Waals surface area contributed by atoms with Crippen LogP contribution in [0.25, 0.3) is 0 Å². The Bertz CT molecular complexity index is 565. The first-order valence-corrected chi connectivity index (χ1v) is 8.46. The van der Waals surface area contributed by atoms with Gasteiger partial charge in [-0.1, -0.05) is 37.6 Å². The van der Waals surface area contributed by atoms with Crippen LogP contribution < -0.4 is 0 Å². The Balaban J connectivity index is 1.74. The van der Waals surface area contributed by atoms with Crippen molar-refractivity contribution in [3.8, 4) is 0 Å². The number of aliphatic hydroxyl groups excluding tert-OH is 1. The van der Waals surface area contributed by atoms with Gasteiger partial charge in [-0.3, -0.25) is 0 Å². The van der Waals surface area contributed by atoms with E-state index in [0.717, 1.165) is 37.2 Å². The number of benzene rings is 1. The molecule has 1 aliphatic heterocycles. The van der Waals surface area contributed by atoms with Crippen molar-refractivity contribution in [1.29, 1.82) is 0 Å². The fraction of sp³-hybridized carbons (Fsp3) is 0.667. The van der Waals surface area contributed by atoms with Crippen molar-refractivity contribution in [1.82, 2.24) is 0 Å². The molecule has 1 aromatic carbocycles. The number of ether oxygens (including phenoxy) is 1. The molecular weight excluding hydrogens is 324 g/mol. The second kappa shape index (κ2) is 6.30. The van der Waals surface area contributed by atoms with E-state index in [1.807, 2.05) is 0 Å². The third-order valence-corrected chi connectivity index (χ3v) is 5.48. The topological polar surface area (TPSA) is 29.5 Å². The van der Waals surface area contributed by atoms with Crippen LogP contribution in [-0.4, -0.2) is 23.2 Å². The van der Waals surface area contributed by atoms with Gasteiger partial charge >= 0.3 is 11.8 Å². The van der Waals surface area contributed by atoms with Crippen molar-refractivity contribution in [2.24, 2.45) is 5.92 Å². The smallest absolute Gasteiger partial charge is 0.362 e. The molecule has 6 heteroatoms. The SMILES string of the molecule is CCC1CCC(c2ccc(C3OC(O)C(F)(F)C3(F)F)cc2)CC1. The van der Waals surface area contributed by atoms with E-state index in [1.165, 1.54) is 18.6 Å². The average molecular weight is 346 g/mol. The van der Waals surface area contributed by atoms with Gasteiger partial charge in [-0.15, -0.1) is 0 Å². The van der Waals surface area contributed by atoms with Crippen molar-refractivity contribution >= 4 is 0 Å². The van der Waals surface area contributed by atoms with Crippen LogP contribution >= 0.6 is 0 Å². The van der Waals surface area contributed by atoms with Crippen molar-refractivity contribution < 1.29 is 27.4 Å². The molecule has 0 amide bonds. The predicted molar refractivity (Wildman–Crippen MR) is 81.2 cm³/mol. The number of hydrogen-bond donors (Lipinski definition) is 1. The molecule has 0 spiro atoms. The van der Waals surface area contributed by atoms with Gasteiger partial charge in [0.2, 0.25) is 6.29 Å². The molecule has 0 aromatic heterocycles. The van der Waals surface area contributed by atoms with Gasteiger partial charge in [-0.2, -0.15) is 17.6 Å². The molecule has 1 saturated heterocycles. The van der Waals surface area contributed by atoms with E-state index in [4.69, 9.17) is 5.11 Å². The summed E-state index contributed by atoms with van der Waals surface area (Å²) in [6.07, 6.45) is 0.691. The minimum atomic E-state index is -4.59. The monoisotopic (exact) mass is 346 g/mol. The Morgan fingerprint density at radius 1 is 0.958 bits per heavy atom. The molecule has 24 heavy (non-hydrogen) atoms. The molecule has 3 rings (SSSR count). The van der Waals surface area contributed by atoms with Gasteiger partial charge in [0, 0.05) is 0 Å². The van der Waals surface area contributed by atoms with Gasteiger partial charge in [-0.05, 0) is 48.6 Å². The average Bonchev–Trinajstić information content (AvgIpc) is 2.74. The highest BCUT2D eigenvalue weighted by atomic mass is 19.3. The summed E-state index contributed by atoms with van der Waals surface area (Å²) >= 11 is 0. The first-order valence-electron chi connectivity index (χ1n) is 8.46. The lowest BCUT2D eigenvalue weighted by atomic mass is 9.77. The molecule has 2 atom stereocenters. The molecule has 1 heterocycles. The highest BCUT2D eigenvalue weighted by Gasteiger charge is 2.72. The van der Waals surface area contributed by atoms with E-state index in [-0.39, 0.29) is 5.56 Å². The maximum atomic E-state index is 13.8. The van der Waals surface area contributed by atoms with Crippen molar-refractivity contribution in [3.63, 3.8) is 0 Å². The summed E-state index contributed by atoms with van der Waals surface area (Å²) in [4.78, 5) is 0. The van der Waals surface area contributed by atoms with E-state index >= 15 is 0 Å². The van der Waals surface area contributed by atoms with Gasteiger partial charge in [0.1, 0.15) is 0 Å². The number of halogens is 4. The Morgan fingerprint density at radius 3 is 1.96 bits per heavy atom. The lowest BCUT2D eigenvalue weighted by Crippen LogP contribution is -2.44. The molecular formula is C18H22F4O2. The molecule has 2 unspecified atom stereocenters. The van der Waals surface area contributed by atoms with Crippen molar-refractivity contribution in [3.05, 3.63) is 35.4 Å². The molecule has 1 aromatic rings. The molecule has 2 nitrogen and oxygen atoms in total. The summed E-state index contributed by atoms with van der Waals surface area (Å²) in [5.41, 5.74) is 1.00. The largest absolute Gasteiger partial charge is 0.363 e. The molecule has 1 aliphatic carbocycles. The van der Waals surface area contributed by atoms with Gasteiger partial charge in [-0.25, -0.2) is 0 Å². The number of alkyl halides is 4. The van der Waals surface area contributed by atoms with Crippen LogP contribution in [-0.2, 0) is 4.74 Å². The van der Waals surface area contributed by atoms with Crippen molar-refractivity contribution in [2.75, 3.05) is 0 Å². The lowest BCUT2D eigenvalue weighted by Gasteiger charge is -2.28. The Labute approximate surface area is 138 Å². The minimum Gasteiger partial charge on any atom is -0.363 e. The summed E-state index contributed by atoms with van der Waals surface area (Å²) in [6.45, 7) is 2.19. The molecule has 1 saturated carbocycles. The number of rotatable bonds is 3. The number of hydrogen-bond acceptors (Lipinski definition) is 2. The molecule has 2 aliphatic rings. The zero-order valence-corrected chi connectivity index (χ0v) is 13.5.